The van der Waals surface area contributed by atoms with E-state index in [-0.39, 0.29) is 18.9 Å². The predicted octanol–water partition coefficient (Wildman–Crippen LogP) is 2.91. The molecule has 2 aromatic rings. The van der Waals surface area contributed by atoms with Crippen LogP contribution in [0.3, 0.4) is 0 Å². The minimum Gasteiger partial charge on any atom is -0.465 e. The van der Waals surface area contributed by atoms with Gasteiger partial charge in [-0.1, -0.05) is 48.5 Å². The molecule has 3 rings (SSSR count). The van der Waals surface area contributed by atoms with Crippen LogP contribution in [0.5, 0.6) is 0 Å². The number of hydrogen-bond acceptors (Lipinski definition) is 4. The molecule has 1 heterocycles. The highest BCUT2D eigenvalue weighted by atomic mass is 16.5. The number of carbonyl (C=O) groups excluding carboxylic acids is 3. The molecule has 128 valence electrons. The van der Waals surface area contributed by atoms with Gasteiger partial charge in [-0.2, -0.15) is 0 Å². The second-order valence-corrected chi connectivity index (χ2v) is 5.85. The molecule has 0 aliphatic carbocycles. The Morgan fingerprint density at radius 3 is 2.24 bits per heavy atom. The van der Waals surface area contributed by atoms with Crippen molar-refractivity contribution < 1.29 is 19.1 Å². The number of benzene rings is 2. The highest BCUT2D eigenvalue weighted by Gasteiger charge is 2.47. The van der Waals surface area contributed by atoms with Crippen LogP contribution in [-0.2, 0) is 19.1 Å². The largest absolute Gasteiger partial charge is 0.465 e. The molecule has 1 aliphatic rings. The van der Waals surface area contributed by atoms with Gasteiger partial charge in [0.05, 0.1) is 12.3 Å². The van der Waals surface area contributed by atoms with Gasteiger partial charge in [0.25, 0.3) is 0 Å². The number of amides is 2. The number of imide groups is 1. The molecular weight excluding hydrogens is 318 g/mol. The number of nitrogens with zero attached hydrogens (tertiary/aromatic N) is 1. The van der Waals surface area contributed by atoms with Crippen LogP contribution in [0.4, 0.5) is 5.69 Å². The third-order valence-electron chi connectivity index (χ3n) is 4.32. The highest BCUT2D eigenvalue weighted by Crippen LogP contribution is 2.37. The summed E-state index contributed by atoms with van der Waals surface area (Å²) in [7, 11) is 0. The summed E-state index contributed by atoms with van der Waals surface area (Å²) < 4.78 is 5.13. The number of hydrogen-bond donors (Lipinski definition) is 0. The Labute approximate surface area is 146 Å². The zero-order valence-corrected chi connectivity index (χ0v) is 13.9. The molecular formula is C20H19NO4. The van der Waals surface area contributed by atoms with Crippen molar-refractivity contribution in [1.82, 2.24) is 0 Å². The summed E-state index contributed by atoms with van der Waals surface area (Å²) in [5.41, 5.74) is 1.26. The molecule has 25 heavy (non-hydrogen) atoms. The molecule has 0 spiro atoms. The molecule has 2 unspecified atom stereocenters. The lowest BCUT2D eigenvalue weighted by atomic mass is 9.79. The lowest BCUT2D eigenvalue weighted by Gasteiger charge is -2.35. The van der Waals surface area contributed by atoms with E-state index < -0.39 is 23.7 Å². The summed E-state index contributed by atoms with van der Waals surface area (Å²) in [5, 5.41) is 0. The van der Waals surface area contributed by atoms with Crippen molar-refractivity contribution in [3.63, 3.8) is 0 Å². The van der Waals surface area contributed by atoms with E-state index in [4.69, 9.17) is 4.74 Å². The number of piperidine rings is 1. The van der Waals surface area contributed by atoms with Gasteiger partial charge < -0.3 is 4.74 Å². The van der Waals surface area contributed by atoms with E-state index in [1.807, 2.05) is 30.3 Å². The van der Waals surface area contributed by atoms with Crippen molar-refractivity contribution in [2.45, 2.75) is 19.3 Å². The number of para-hydroxylation sites is 1. The van der Waals surface area contributed by atoms with Crippen LogP contribution >= 0.6 is 0 Å². The van der Waals surface area contributed by atoms with Crippen molar-refractivity contribution in [3.8, 4) is 0 Å². The fourth-order valence-electron chi connectivity index (χ4n) is 3.19. The molecule has 2 atom stereocenters. The predicted molar refractivity (Wildman–Crippen MR) is 92.9 cm³/mol. The number of carbonyl (C=O) groups is 3. The van der Waals surface area contributed by atoms with Gasteiger partial charge in [0.15, 0.2) is 0 Å². The van der Waals surface area contributed by atoms with Gasteiger partial charge in [0.1, 0.15) is 5.92 Å². The molecule has 0 aromatic heterocycles. The maximum atomic E-state index is 13.0. The first-order chi connectivity index (χ1) is 12.1. The number of ether oxygens (including phenoxy) is 1. The molecule has 0 saturated carbocycles. The zero-order chi connectivity index (χ0) is 17.8. The maximum absolute atomic E-state index is 13.0. The molecule has 5 nitrogen and oxygen atoms in total. The number of rotatable bonds is 4. The first-order valence-electron chi connectivity index (χ1n) is 8.27. The van der Waals surface area contributed by atoms with E-state index in [1.54, 1.807) is 37.3 Å². The molecule has 0 bridgehead atoms. The van der Waals surface area contributed by atoms with E-state index in [1.165, 1.54) is 0 Å². The van der Waals surface area contributed by atoms with Crippen molar-refractivity contribution in [2.24, 2.45) is 5.92 Å². The summed E-state index contributed by atoms with van der Waals surface area (Å²) in [6, 6.07) is 17.8. The summed E-state index contributed by atoms with van der Waals surface area (Å²) in [4.78, 5) is 39.3. The van der Waals surface area contributed by atoms with Crippen molar-refractivity contribution >= 4 is 23.5 Å². The maximum Gasteiger partial charge on any atom is 0.319 e. The van der Waals surface area contributed by atoms with Crippen molar-refractivity contribution in [3.05, 3.63) is 66.2 Å². The Morgan fingerprint density at radius 1 is 1.04 bits per heavy atom. The van der Waals surface area contributed by atoms with E-state index in [2.05, 4.69) is 0 Å². The summed E-state index contributed by atoms with van der Waals surface area (Å²) in [6.07, 6.45) is 0.0775. The highest BCUT2D eigenvalue weighted by molar-refractivity contribution is 6.22. The molecule has 5 heteroatoms. The lowest BCUT2D eigenvalue weighted by Crippen LogP contribution is -2.51. The fraction of sp³-hybridized carbons (Fsp3) is 0.250. The van der Waals surface area contributed by atoms with E-state index in [0.29, 0.717) is 5.69 Å². The molecule has 1 fully saturated rings. The number of anilines is 1. The lowest BCUT2D eigenvalue weighted by molar-refractivity contribution is -0.154. The van der Waals surface area contributed by atoms with Crippen LogP contribution in [-0.4, -0.2) is 24.4 Å². The molecule has 2 amide bonds. The quantitative estimate of drug-likeness (QED) is 0.489. The van der Waals surface area contributed by atoms with Crippen LogP contribution < -0.4 is 4.90 Å². The summed E-state index contributed by atoms with van der Waals surface area (Å²) in [6.45, 7) is 1.88. The van der Waals surface area contributed by atoms with Crippen LogP contribution in [0.25, 0.3) is 0 Å². The van der Waals surface area contributed by atoms with Gasteiger partial charge in [-0.15, -0.1) is 0 Å². The Morgan fingerprint density at radius 2 is 1.64 bits per heavy atom. The fourth-order valence-corrected chi connectivity index (χ4v) is 3.19. The van der Waals surface area contributed by atoms with Crippen molar-refractivity contribution in [2.75, 3.05) is 11.5 Å². The third kappa shape index (κ3) is 3.31. The van der Waals surface area contributed by atoms with Gasteiger partial charge in [-0.3, -0.25) is 14.4 Å². The Bertz CT molecular complexity index is 773. The second kappa shape index (κ2) is 7.30. The smallest absolute Gasteiger partial charge is 0.319 e. The minimum absolute atomic E-state index is 0.0775. The average Bonchev–Trinajstić information content (AvgIpc) is 2.63. The normalized spacial score (nSPS) is 20.4. The Balaban J connectivity index is 2.01. The zero-order valence-electron chi connectivity index (χ0n) is 13.9. The summed E-state index contributed by atoms with van der Waals surface area (Å²) >= 11 is 0. The summed E-state index contributed by atoms with van der Waals surface area (Å²) in [5.74, 6) is -2.98. The molecule has 1 saturated heterocycles. The molecule has 2 aromatic carbocycles. The first-order valence-corrected chi connectivity index (χ1v) is 8.27. The second-order valence-electron chi connectivity index (χ2n) is 5.85. The van der Waals surface area contributed by atoms with Crippen LogP contribution in [0, 0.1) is 5.92 Å². The Kier molecular flexibility index (Phi) is 4.93. The third-order valence-corrected chi connectivity index (χ3v) is 4.32. The van der Waals surface area contributed by atoms with E-state index in [9.17, 15) is 14.4 Å². The molecule has 0 N–H and O–H groups in total. The van der Waals surface area contributed by atoms with E-state index >= 15 is 0 Å². The topological polar surface area (TPSA) is 63.7 Å². The van der Waals surface area contributed by atoms with E-state index in [0.717, 1.165) is 10.5 Å². The minimum atomic E-state index is -1.03. The van der Waals surface area contributed by atoms with Crippen molar-refractivity contribution in [1.29, 1.82) is 0 Å². The molecule has 0 radical (unpaired) electrons. The van der Waals surface area contributed by atoms with Gasteiger partial charge in [-0.25, -0.2) is 4.90 Å². The first kappa shape index (κ1) is 16.9. The average molecular weight is 337 g/mol. The SMILES string of the molecule is CCOC(=O)C1C(=O)N(c2ccccc2)C(=O)CC1c1ccccc1. The number of esters is 1. The van der Waals surface area contributed by atoms with Crippen LogP contribution in [0.2, 0.25) is 0 Å². The standard InChI is InChI=1S/C20H19NO4/c1-2-25-20(24)18-16(14-9-5-3-6-10-14)13-17(22)21(19(18)23)15-11-7-4-8-12-15/h3-12,16,18H,2,13H2,1H3. The van der Waals surface area contributed by atoms with Gasteiger partial charge in [0, 0.05) is 12.3 Å². The van der Waals surface area contributed by atoms with Crippen LogP contribution in [0.15, 0.2) is 60.7 Å². The Hall–Kier alpha value is -2.95. The van der Waals surface area contributed by atoms with Gasteiger partial charge in [0.2, 0.25) is 11.8 Å². The van der Waals surface area contributed by atoms with Crippen LogP contribution in [0.1, 0.15) is 24.8 Å². The van der Waals surface area contributed by atoms with Gasteiger partial charge in [-0.05, 0) is 24.6 Å². The monoisotopic (exact) mass is 337 g/mol. The van der Waals surface area contributed by atoms with Gasteiger partial charge >= 0.3 is 5.97 Å². The molecule has 1 aliphatic heterocycles.